The first-order valence-electron chi connectivity index (χ1n) is 13.6. The molecule has 3 saturated heterocycles. The molecule has 2 atom stereocenters. The molecule has 0 spiro atoms. The van der Waals surface area contributed by atoms with Gasteiger partial charge in [0.05, 0.1) is 12.7 Å². The first-order chi connectivity index (χ1) is 18.0. The SMILES string of the molecule is COC1COCCC1NC1CCN(C(=O)c2ncnc(N3CCN(c4ccccc4C)CC3)c2C)CC1. The molecule has 1 amide bonds. The number of methoxy groups -OCH3 is 1. The predicted octanol–water partition coefficient (Wildman–Crippen LogP) is 2.42. The van der Waals surface area contributed by atoms with Gasteiger partial charge in [-0.1, -0.05) is 18.2 Å². The molecule has 37 heavy (non-hydrogen) atoms. The Morgan fingerprint density at radius 2 is 1.73 bits per heavy atom. The van der Waals surface area contributed by atoms with E-state index in [1.54, 1.807) is 13.4 Å². The average molecular weight is 509 g/mol. The van der Waals surface area contributed by atoms with Gasteiger partial charge in [-0.05, 0) is 44.7 Å². The molecule has 4 heterocycles. The van der Waals surface area contributed by atoms with E-state index in [1.165, 1.54) is 11.3 Å². The number of benzene rings is 1. The van der Waals surface area contributed by atoms with Crippen molar-refractivity contribution >= 4 is 17.4 Å². The number of nitrogens with zero attached hydrogens (tertiary/aromatic N) is 5. The first-order valence-corrected chi connectivity index (χ1v) is 13.6. The number of ether oxygens (including phenoxy) is 2. The third-order valence-corrected chi connectivity index (χ3v) is 8.13. The van der Waals surface area contributed by atoms with E-state index in [4.69, 9.17) is 9.47 Å². The molecule has 200 valence electrons. The summed E-state index contributed by atoms with van der Waals surface area (Å²) in [6, 6.07) is 9.23. The van der Waals surface area contributed by atoms with Crippen molar-refractivity contribution in [1.82, 2.24) is 20.2 Å². The molecule has 0 saturated carbocycles. The molecule has 3 fully saturated rings. The van der Waals surface area contributed by atoms with Crippen LogP contribution >= 0.6 is 0 Å². The predicted molar refractivity (Wildman–Crippen MR) is 144 cm³/mol. The highest BCUT2D eigenvalue weighted by atomic mass is 16.5. The third-order valence-electron chi connectivity index (χ3n) is 8.13. The molecule has 1 aromatic heterocycles. The number of nitrogens with one attached hydrogen (secondary N) is 1. The van der Waals surface area contributed by atoms with Crippen LogP contribution in [0.15, 0.2) is 30.6 Å². The zero-order valence-corrected chi connectivity index (χ0v) is 22.4. The number of aromatic nitrogens is 2. The number of hydrogen-bond acceptors (Lipinski definition) is 8. The van der Waals surface area contributed by atoms with E-state index in [0.717, 1.165) is 76.5 Å². The van der Waals surface area contributed by atoms with E-state index in [1.807, 2.05) is 11.8 Å². The molecule has 0 bridgehead atoms. The molecular weight excluding hydrogens is 468 g/mol. The molecule has 2 aromatic rings. The number of likely N-dealkylation sites (tertiary alicyclic amines) is 1. The van der Waals surface area contributed by atoms with Crippen LogP contribution in [0.5, 0.6) is 0 Å². The number of carbonyl (C=O) groups excluding carboxylic acids is 1. The summed E-state index contributed by atoms with van der Waals surface area (Å²) in [6.07, 6.45) is 4.46. The number of piperazine rings is 1. The van der Waals surface area contributed by atoms with Gasteiger partial charge in [0.2, 0.25) is 0 Å². The van der Waals surface area contributed by atoms with Crippen LogP contribution in [0.25, 0.3) is 0 Å². The number of amides is 1. The molecule has 5 rings (SSSR count). The fourth-order valence-corrected chi connectivity index (χ4v) is 5.89. The molecular formula is C28H40N6O3. The molecule has 1 N–H and O–H groups in total. The highest BCUT2D eigenvalue weighted by Gasteiger charge is 2.31. The van der Waals surface area contributed by atoms with Gasteiger partial charge < -0.3 is 29.5 Å². The number of anilines is 2. The summed E-state index contributed by atoms with van der Waals surface area (Å²) in [5.74, 6) is 0.892. The quantitative estimate of drug-likeness (QED) is 0.637. The van der Waals surface area contributed by atoms with Gasteiger partial charge in [-0.2, -0.15) is 0 Å². The Bertz CT molecular complexity index is 1070. The number of rotatable bonds is 6. The second-order valence-electron chi connectivity index (χ2n) is 10.4. The topological polar surface area (TPSA) is 83.1 Å². The maximum Gasteiger partial charge on any atom is 0.272 e. The van der Waals surface area contributed by atoms with E-state index < -0.39 is 0 Å². The number of aryl methyl sites for hydroxylation is 1. The van der Waals surface area contributed by atoms with Gasteiger partial charge >= 0.3 is 0 Å². The average Bonchev–Trinajstić information content (AvgIpc) is 2.94. The highest BCUT2D eigenvalue weighted by Crippen LogP contribution is 2.26. The van der Waals surface area contributed by atoms with E-state index in [9.17, 15) is 4.79 Å². The van der Waals surface area contributed by atoms with Crippen molar-refractivity contribution in [3.8, 4) is 0 Å². The fraction of sp³-hybridized carbons (Fsp3) is 0.607. The number of para-hydroxylation sites is 1. The first kappa shape index (κ1) is 25.9. The lowest BCUT2D eigenvalue weighted by Crippen LogP contribution is -2.54. The maximum atomic E-state index is 13.5. The summed E-state index contributed by atoms with van der Waals surface area (Å²) in [4.78, 5) is 29.2. The van der Waals surface area contributed by atoms with Gasteiger partial charge in [0, 0.05) is 76.3 Å². The van der Waals surface area contributed by atoms with E-state index in [2.05, 4.69) is 56.3 Å². The third kappa shape index (κ3) is 5.73. The van der Waals surface area contributed by atoms with Crippen LogP contribution in [0, 0.1) is 13.8 Å². The van der Waals surface area contributed by atoms with Crippen LogP contribution < -0.4 is 15.1 Å². The van der Waals surface area contributed by atoms with Crippen molar-refractivity contribution in [2.45, 2.75) is 51.3 Å². The van der Waals surface area contributed by atoms with Gasteiger partial charge in [0.15, 0.2) is 0 Å². The molecule has 9 nitrogen and oxygen atoms in total. The summed E-state index contributed by atoms with van der Waals surface area (Å²) in [5.41, 5.74) is 4.00. The monoisotopic (exact) mass is 508 g/mol. The Hall–Kier alpha value is -2.75. The molecule has 3 aliphatic heterocycles. The fourth-order valence-electron chi connectivity index (χ4n) is 5.89. The van der Waals surface area contributed by atoms with E-state index in [0.29, 0.717) is 24.4 Å². The maximum absolute atomic E-state index is 13.5. The van der Waals surface area contributed by atoms with E-state index in [-0.39, 0.29) is 12.0 Å². The lowest BCUT2D eigenvalue weighted by atomic mass is 9.99. The second-order valence-corrected chi connectivity index (χ2v) is 10.4. The normalized spacial score (nSPS) is 23.4. The van der Waals surface area contributed by atoms with Crippen molar-refractivity contribution in [2.75, 3.05) is 69.4 Å². The van der Waals surface area contributed by atoms with Gasteiger partial charge in [0.25, 0.3) is 5.91 Å². The number of carbonyl (C=O) groups is 1. The number of hydrogen-bond donors (Lipinski definition) is 1. The van der Waals surface area contributed by atoms with Gasteiger partial charge in [0.1, 0.15) is 17.8 Å². The van der Waals surface area contributed by atoms with Crippen LogP contribution in [0.2, 0.25) is 0 Å². The van der Waals surface area contributed by atoms with Crippen LogP contribution in [0.3, 0.4) is 0 Å². The van der Waals surface area contributed by atoms with Crippen molar-refractivity contribution in [1.29, 1.82) is 0 Å². The van der Waals surface area contributed by atoms with Crippen molar-refractivity contribution < 1.29 is 14.3 Å². The van der Waals surface area contributed by atoms with Crippen LogP contribution in [-0.2, 0) is 9.47 Å². The Balaban J connectivity index is 1.18. The zero-order valence-electron chi connectivity index (χ0n) is 22.4. The minimum Gasteiger partial charge on any atom is -0.379 e. The summed E-state index contributed by atoms with van der Waals surface area (Å²) < 4.78 is 11.1. The standard InChI is InChI=1S/C28H40N6O3/c1-20-6-4-5-7-24(20)32-13-15-33(16-14-32)27-21(2)26(29-19-30-27)28(35)34-11-8-22(9-12-34)31-23-10-17-37-18-25(23)36-3/h4-7,19,22-23,25,31H,8-18H2,1-3H3. The minimum atomic E-state index is 0.0129. The largest absolute Gasteiger partial charge is 0.379 e. The molecule has 1 aromatic carbocycles. The van der Waals surface area contributed by atoms with Crippen molar-refractivity contribution in [3.63, 3.8) is 0 Å². The zero-order chi connectivity index (χ0) is 25.8. The lowest BCUT2D eigenvalue weighted by Gasteiger charge is -2.38. The Morgan fingerprint density at radius 1 is 1.00 bits per heavy atom. The molecule has 3 aliphatic rings. The van der Waals surface area contributed by atoms with Crippen molar-refractivity contribution in [2.24, 2.45) is 0 Å². The van der Waals surface area contributed by atoms with Crippen molar-refractivity contribution in [3.05, 3.63) is 47.4 Å². The van der Waals surface area contributed by atoms with Crippen LogP contribution in [-0.4, -0.2) is 98.6 Å². The Morgan fingerprint density at radius 3 is 2.46 bits per heavy atom. The molecule has 0 aliphatic carbocycles. The van der Waals surface area contributed by atoms with E-state index >= 15 is 0 Å². The lowest BCUT2D eigenvalue weighted by molar-refractivity contribution is -0.0533. The van der Waals surface area contributed by atoms with Gasteiger partial charge in [-0.15, -0.1) is 0 Å². The number of piperidine rings is 1. The molecule has 0 radical (unpaired) electrons. The second kappa shape index (κ2) is 11.8. The van der Waals surface area contributed by atoms with Crippen LogP contribution in [0.4, 0.5) is 11.5 Å². The summed E-state index contributed by atoms with van der Waals surface area (Å²) in [6.45, 7) is 10.6. The molecule has 9 heteroatoms. The summed E-state index contributed by atoms with van der Waals surface area (Å²) >= 11 is 0. The highest BCUT2D eigenvalue weighted by molar-refractivity contribution is 5.94. The molecule has 2 unspecified atom stereocenters. The van der Waals surface area contributed by atoms with Gasteiger partial charge in [-0.3, -0.25) is 4.79 Å². The Kier molecular flexibility index (Phi) is 8.22. The van der Waals surface area contributed by atoms with Gasteiger partial charge in [-0.25, -0.2) is 9.97 Å². The Labute approximate surface area is 220 Å². The van der Waals surface area contributed by atoms with Crippen LogP contribution in [0.1, 0.15) is 40.9 Å². The minimum absolute atomic E-state index is 0.0129. The summed E-state index contributed by atoms with van der Waals surface area (Å²) in [7, 11) is 1.75. The smallest absolute Gasteiger partial charge is 0.272 e. The summed E-state index contributed by atoms with van der Waals surface area (Å²) in [5, 5.41) is 3.76.